The highest BCUT2D eigenvalue weighted by Gasteiger charge is 2.26. The molecular formula is C19H27N3O3. The Kier molecular flexibility index (Phi) is 5.56. The van der Waals surface area contributed by atoms with Gasteiger partial charge in [-0.3, -0.25) is 14.9 Å². The third kappa shape index (κ3) is 4.11. The summed E-state index contributed by atoms with van der Waals surface area (Å²) < 4.78 is 0. The van der Waals surface area contributed by atoms with Gasteiger partial charge in [-0.25, -0.2) is 0 Å². The van der Waals surface area contributed by atoms with Gasteiger partial charge in [0.1, 0.15) is 5.69 Å². The number of nitro benzene ring substituents is 1. The lowest BCUT2D eigenvalue weighted by atomic mass is 9.86. The second kappa shape index (κ2) is 7.85. The normalized spacial score (nSPS) is 24.0. The Balaban J connectivity index is 1.78. The Hall–Kier alpha value is -2.11. The fourth-order valence-corrected chi connectivity index (χ4v) is 4.00. The van der Waals surface area contributed by atoms with E-state index in [0.717, 1.165) is 45.2 Å². The van der Waals surface area contributed by atoms with Gasteiger partial charge in [0.05, 0.1) is 4.92 Å². The second-order valence-corrected chi connectivity index (χ2v) is 7.35. The molecule has 2 atom stereocenters. The minimum atomic E-state index is -0.371. The summed E-state index contributed by atoms with van der Waals surface area (Å²) in [5, 5.41) is 14.6. The number of benzene rings is 1. The zero-order chi connectivity index (χ0) is 17.8. The molecule has 1 heterocycles. The van der Waals surface area contributed by atoms with Crippen LogP contribution in [-0.2, 0) is 0 Å². The third-order valence-corrected chi connectivity index (χ3v) is 5.56. The average Bonchev–Trinajstić information content (AvgIpc) is 2.63. The van der Waals surface area contributed by atoms with E-state index in [1.165, 1.54) is 18.9 Å². The fraction of sp³-hybridized carbons (Fsp3) is 0.632. The Bertz CT molecular complexity index is 641. The van der Waals surface area contributed by atoms with Crippen LogP contribution in [0.3, 0.4) is 0 Å². The predicted octanol–water partition coefficient (Wildman–Crippen LogP) is 3.89. The number of rotatable bonds is 4. The van der Waals surface area contributed by atoms with Crippen molar-refractivity contribution in [1.29, 1.82) is 0 Å². The van der Waals surface area contributed by atoms with Gasteiger partial charge in [0.2, 0.25) is 0 Å². The van der Waals surface area contributed by atoms with Crippen LogP contribution in [0.15, 0.2) is 18.2 Å². The maximum absolute atomic E-state index is 12.6. The quantitative estimate of drug-likeness (QED) is 0.663. The SMILES string of the molecule is C[C@H]1CCCC[C@H]1NC(=O)c1ccc(N2CCCCC2)c([N+](=O)[O-])c1. The zero-order valence-electron chi connectivity index (χ0n) is 14.9. The van der Waals surface area contributed by atoms with Crippen LogP contribution in [0.5, 0.6) is 0 Å². The van der Waals surface area contributed by atoms with E-state index in [4.69, 9.17) is 0 Å². The van der Waals surface area contributed by atoms with Gasteiger partial charge in [-0.1, -0.05) is 19.8 Å². The van der Waals surface area contributed by atoms with Crippen molar-refractivity contribution in [1.82, 2.24) is 5.32 Å². The van der Waals surface area contributed by atoms with E-state index in [1.54, 1.807) is 12.1 Å². The van der Waals surface area contributed by atoms with Crippen LogP contribution < -0.4 is 10.2 Å². The molecule has 1 saturated heterocycles. The van der Waals surface area contributed by atoms with E-state index in [0.29, 0.717) is 17.2 Å². The molecule has 1 aliphatic carbocycles. The zero-order valence-corrected chi connectivity index (χ0v) is 14.9. The molecule has 1 aromatic rings. The molecule has 2 fully saturated rings. The van der Waals surface area contributed by atoms with Crippen molar-refractivity contribution in [3.8, 4) is 0 Å². The van der Waals surface area contributed by atoms with Gasteiger partial charge in [-0.2, -0.15) is 0 Å². The first-order valence-electron chi connectivity index (χ1n) is 9.40. The summed E-state index contributed by atoms with van der Waals surface area (Å²) in [5.74, 6) is 0.257. The van der Waals surface area contributed by atoms with E-state index in [9.17, 15) is 14.9 Å². The highest BCUT2D eigenvalue weighted by atomic mass is 16.6. The van der Waals surface area contributed by atoms with E-state index in [1.807, 2.05) is 0 Å². The highest BCUT2D eigenvalue weighted by Crippen LogP contribution is 2.31. The van der Waals surface area contributed by atoms with Crippen molar-refractivity contribution in [3.63, 3.8) is 0 Å². The Morgan fingerprint density at radius 2 is 1.88 bits per heavy atom. The number of nitrogens with one attached hydrogen (secondary N) is 1. The first-order chi connectivity index (χ1) is 12.1. The van der Waals surface area contributed by atoms with Gasteiger partial charge in [0.25, 0.3) is 11.6 Å². The second-order valence-electron chi connectivity index (χ2n) is 7.35. The lowest BCUT2D eigenvalue weighted by Crippen LogP contribution is -2.41. The summed E-state index contributed by atoms with van der Waals surface area (Å²) in [7, 11) is 0. The number of hydrogen-bond donors (Lipinski definition) is 1. The van der Waals surface area contributed by atoms with Crippen molar-refractivity contribution in [2.24, 2.45) is 5.92 Å². The monoisotopic (exact) mass is 345 g/mol. The topological polar surface area (TPSA) is 75.5 Å². The molecule has 0 radical (unpaired) electrons. The molecule has 1 amide bonds. The van der Waals surface area contributed by atoms with E-state index < -0.39 is 0 Å². The molecule has 136 valence electrons. The number of amides is 1. The number of hydrogen-bond acceptors (Lipinski definition) is 4. The molecule has 1 N–H and O–H groups in total. The summed E-state index contributed by atoms with van der Waals surface area (Å²) in [6, 6.07) is 5.07. The fourth-order valence-electron chi connectivity index (χ4n) is 4.00. The average molecular weight is 345 g/mol. The molecule has 1 aromatic carbocycles. The highest BCUT2D eigenvalue weighted by molar-refractivity contribution is 5.96. The van der Waals surface area contributed by atoms with Crippen LogP contribution in [0.4, 0.5) is 11.4 Å². The maximum Gasteiger partial charge on any atom is 0.293 e. The Morgan fingerprint density at radius 3 is 2.56 bits per heavy atom. The summed E-state index contributed by atoms with van der Waals surface area (Å²) in [6.45, 7) is 3.84. The van der Waals surface area contributed by atoms with Crippen molar-refractivity contribution in [2.75, 3.05) is 18.0 Å². The Morgan fingerprint density at radius 1 is 1.16 bits per heavy atom. The minimum Gasteiger partial charge on any atom is -0.366 e. The number of nitro groups is 1. The molecule has 2 aliphatic rings. The number of carbonyl (C=O) groups is 1. The summed E-state index contributed by atoms with van der Waals surface area (Å²) >= 11 is 0. The van der Waals surface area contributed by atoms with Gasteiger partial charge in [-0.15, -0.1) is 0 Å². The van der Waals surface area contributed by atoms with Gasteiger partial charge >= 0.3 is 0 Å². The largest absolute Gasteiger partial charge is 0.366 e. The molecule has 0 spiro atoms. The van der Waals surface area contributed by atoms with Gasteiger partial charge in [-0.05, 0) is 50.2 Å². The first-order valence-corrected chi connectivity index (χ1v) is 9.40. The summed E-state index contributed by atoms with van der Waals surface area (Å²) in [4.78, 5) is 25.8. The number of anilines is 1. The van der Waals surface area contributed by atoms with E-state index in [2.05, 4.69) is 17.1 Å². The molecule has 0 aromatic heterocycles. The van der Waals surface area contributed by atoms with Crippen LogP contribution in [0.2, 0.25) is 0 Å². The molecule has 25 heavy (non-hydrogen) atoms. The smallest absolute Gasteiger partial charge is 0.293 e. The molecule has 1 aliphatic heterocycles. The van der Waals surface area contributed by atoms with Gasteiger partial charge in [0, 0.05) is 30.8 Å². The van der Waals surface area contributed by atoms with Crippen molar-refractivity contribution >= 4 is 17.3 Å². The standard InChI is InChI=1S/C19H27N3O3/c1-14-7-3-4-8-16(14)20-19(23)15-9-10-17(18(13-15)22(24)25)21-11-5-2-6-12-21/h9-10,13-14,16H,2-8,11-12H2,1H3,(H,20,23)/t14-,16+/m0/s1. The number of nitrogens with zero attached hydrogens (tertiary/aromatic N) is 2. The molecule has 3 rings (SSSR count). The van der Waals surface area contributed by atoms with Crippen molar-refractivity contribution < 1.29 is 9.72 Å². The van der Waals surface area contributed by atoms with Crippen LogP contribution in [0.25, 0.3) is 0 Å². The lowest BCUT2D eigenvalue weighted by molar-refractivity contribution is -0.384. The predicted molar refractivity (Wildman–Crippen MR) is 98.0 cm³/mol. The molecule has 0 bridgehead atoms. The first kappa shape index (κ1) is 17.7. The van der Waals surface area contributed by atoms with Crippen LogP contribution >= 0.6 is 0 Å². The van der Waals surface area contributed by atoms with Crippen molar-refractivity contribution in [2.45, 2.75) is 57.9 Å². The van der Waals surface area contributed by atoms with E-state index in [-0.39, 0.29) is 22.6 Å². The Labute approximate surface area is 148 Å². The molecule has 0 unspecified atom stereocenters. The molecule has 1 saturated carbocycles. The van der Waals surface area contributed by atoms with Gasteiger partial charge in [0.15, 0.2) is 0 Å². The number of piperidine rings is 1. The minimum absolute atomic E-state index is 0.0336. The van der Waals surface area contributed by atoms with E-state index >= 15 is 0 Å². The van der Waals surface area contributed by atoms with Crippen molar-refractivity contribution in [3.05, 3.63) is 33.9 Å². The van der Waals surface area contributed by atoms with Crippen LogP contribution in [0.1, 0.15) is 62.2 Å². The van der Waals surface area contributed by atoms with Crippen LogP contribution in [-0.4, -0.2) is 30.0 Å². The summed E-state index contributed by atoms with van der Waals surface area (Å²) in [5.41, 5.74) is 1.05. The number of carbonyl (C=O) groups excluding carboxylic acids is 1. The van der Waals surface area contributed by atoms with Gasteiger partial charge < -0.3 is 10.2 Å². The molecular weight excluding hydrogens is 318 g/mol. The third-order valence-electron chi connectivity index (χ3n) is 5.56. The maximum atomic E-state index is 12.6. The molecule has 6 nitrogen and oxygen atoms in total. The summed E-state index contributed by atoms with van der Waals surface area (Å²) in [6.07, 6.45) is 7.73. The molecule has 6 heteroatoms. The van der Waals surface area contributed by atoms with Crippen LogP contribution in [0, 0.1) is 16.0 Å². The lowest BCUT2D eigenvalue weighted by Gasteiger charge is -2.30.